The molecule has 1 aliphatic carbocycles. The van der Waals surface area contributed by atoms with Crippen LogP contribution in [0.2, 0.25) is 0 Å². The van der Waals surface area contributed by atoms with Crippen molar-refractivity contribution >= 4 is 21.5 Å². The van der Waals surface area contributed by atoms with Gasteiger partial charge < -0.3 is 14.9 Å². The fourth-order valence-corrected chi connectivity index (χ4v) is 6.50. The highest BCUT2D eigenvalue weighted by atomic mass is 16.5. The molecule has 3 nitrogen and oxygen atoms in total. The Morgan fingerprint density at radius 2 is 0.895 bits per heavy atom. The first-order valence-corrected chi connectivity index (χ1v) is 13.1. The van der Waals surface area contributed by atoms with E-state index in [1.54, 1.807) is 12.1 Å². The molecule has 6 aromatic rings. The molecule has 2 aliphatic rings. The van der Waals surface area contributed by atoms with E-state index in [0.29, 0.717) is 0 Å². The molecule has 0 fully saturated rings. The average Bonchev–Trinajstić information content (AvgIpc) is 3.26. The second-order valence-electron chi connectivity index (χ2n) is 9.57. The number of benzene rings is 6. The van der Waals surface area contributed by atoms with Crippen molar-refractivity contribution in [2.45, 2.75) is 19.3 Å². The van der Waals surface area contributed by atoms with Gasteiger partial charge in [-0.05, 0) is 34.4 Å². The van der Waals surface area contributed by atoms with Crippen molar-refractivity contribution in [3.8, 4) is 34.1 Å². The van der Waals surface area contributed by atoms with Crippen LogP contribution in [0, 0.1) is 0 Å². The third kappa shape index (κ3) is 2.68. The first-order chi connectivity index (χ1) is 18.7. The Morgan fingerprint density at radius 3 is 1.37 bits per heavy atom. The summed E-state index contributed by atoms with van der Waals surface area (Å²) in [5.74, 6) is 1.92. The Kier molecular flexibility index (Phi) is 4.80. The van der Waals surface area contributed by atoms with Gasteiger partial charge in [0.05, 0.1) is 5.41 Å². The lowest BCUT2D eigenvalue weighted by atomic mass is 9.65. The van der Waals surface area contributed by atoms with E-state index >= 15 is 0 Å². The molecule has 0 atom stereocenters. The number of phenolic OH excluding ortho intramolecular Hbond substituents is 2. The minimum Gasteiger partial charge on any atom is -0.507 e. The Labute approximate surface area is 221 Å². The lowest BCUT2D eigenvalue weighted by Crippen LogP contribution is -2.32. The van der Waals surface area contributed by atoms with E-state index in [2.05, 4.69) is 60.7 Å². The predicted octanol–water partition coefficient (Wildman–Crippen LogP) is 8.90. The fraction of sp³-hybridized carbons (Fsp3) is 0.0857. The first kappa shape index (κ1) is 22.4. The Morgan fingerprint density at radius 1 is 0.447 bits per heavy atom. The van der Waals surface area contributed by atoms with Crippen molar-refractivity contribution < 1.29 is 14.9 Å². The van der Waals surface area contributed by atoms with Crippen LogP contribution in [0.3, 0.4) is 0 Å². The standard InChI is InChI=1S/C33H20O3.C2H6/c34-29-13-5-9-23-21(29)15-17-27-31(23)36-32-24-10-6-14-30(35)22(24)16-18-28(32)33(27)25-11-3-1-7-19(25)20-8-2-4-12-26(20)33;1-2/h1-18,34-35H;1-2H3. The summed E-state index contributed by atoms with van der Waals surface area (Å²) in [4.78, 5) is 0. The molecule has 0 saturated carbocycles. The van der Waals surface area contributed by atoms with Crippen LogP contribution in [0.4, 0.5) is 0 Å². The summed E-state index contributed by atoms with van der Waals surface area (Å²) in [6.07, 6.45) is 0. The van der Waals surface area contributed by atoms with Crippen molar-refractivity contribution in [3.63, 3.8) is 0 Å². The first-order valence-electron chi connectivity index (χ1n) is 13.1. The molecule has 2 N–H and O–H groups in total. The van der Waals surface area contributed by atoms with Gasteiger partial charge in [-0.1, -0.05) is 111 Å². The third-order valence-electron chi connectivity index (χ3n) is 7.94. The van der Waals surface area contributed by atoms with Crippen LogP contribution in [0.25, 0.3) is 32.7 Å². The summed E-state index contributed by atoms with van der Waals surface area (Å²) >= 11 is 0. The maximum atomic E-state index is 10.7. The second-order valence-corrected chi connectivity index (χ2v) is 9.57. The van der Waals surface area contributed by atoms with Crippen LogP contribution in [-0.4, -0.2) is 10.2 Å². The SMILES string of the molecule is CC.Oc1cccc2c3c(ccc12)C1(c2ccccc2-c2ccccc21)c1ccc2c(O)cccc2c1O3. The van der Waals surface area contributed by atoms with Crippen LogP contribution >= 0.6 is 0 Å². The van der Waals surface area contributed by atoms with Gasteiger partial charge >= 0.3 is 0 Å². The molecule has 0 saturated heterocycles. The summed E-state index contributed by atoms with van der Waals surface area (Å²) in [7, 11) is 0. The molecule has 3 heteroatoms. The third-order valence-corrected chi connectivity index (χ3v) is 7.94. The van der Waals surface area contributed by atoms with E-state index in [1.807, 2.05) is 50.2 Å². The van der Waals surface area contributed by atoms with Gasteiger partial charge in [0.2, 0.25) is 0 Å². The maximum Gasteiger partial charge on any atom is 0.140 e. The summed E-state index contributed by atoms with van der Waals surface area (Å²) < 4.78 is 6.81. The lowest BCUT2D eigenvalue weighted by Gasteiger charge is -2.40. The molecular weight excluding hydrogens is 468 g/mol. The fourth-order valence-electron chi connectivity index (χ4n) is 6.50. The summed E-state index contributed by atoms with van der Waals surface area (Å²) in [6, 6.07) is 36.5. The minimum atomic E-state index is -0.602. The molecule has 0 aromatic heterocycles. The minimum absolute atomic E-state index is 0.224. The monoisotopic (exact) mass is 494 g/mol. The zero-order valence-corrected chi connectivity index (χ0v) is 21.2. The molecule has 0 unspecified atom stereocenters. The number of hydrogen-bond donors (Lipinski definition) is 2. The molecule has 1 aliphatic heterocycles. The second kappa shape index (κ2) is 8.12. The molecular formula is C35H26O3. The van der Waals surface area contributed by atoms with E-state index in [9.17, 15) is 10.2 Å². The highest BCUT2D eigenvalue weighted by Gasteiger charge is 2.51. The van der Waals surface area contributed by atoms with Crippen molar-refractivity contribution in [3.05, 3.63) is 131 Å². The van der Waals surface area contributed by atoms with Crippen LogP contribution < -0.4 is 4.74 Å². The predicted molar refractivity (Wildman–Crippen MR) is 154 cm³/mol. The zero-order chi connectivity index (χ0) is 26.0. The van der Waals surface area contributed by atoms with Crippen LogP contribution in [0.1, 0.15) is 36.1 Å². The van der Waals surface area contributed by atoms with E-state index < -0.39 is 5.41 Å². The highest BCUT2D eigenvalue weighted by Crippen LogP contribution is 2.64. The number of rotatable bonds is 0. The van der Waals surface area contributed by atoms with Gasteiger partial charge in [0, 0.05) is 32.7 Å². The van der Waals surface area contributed by atoms with E-state index in [0.717, 1.165) is 44.2 Å². The van der Waals surface area contributed by atoms with Gasteiger partial charge in [-0.25, -0.2) is 0 Å². The van der Waals surface area contributed by atoms with Crippen LogP contribution in [0.5, 0.6) is 23.0 Å². The number of phenols is 2. The Balaban J connectivity index is 0.00000118. The van der Waals surface area contributed by atoms with Crippen molar-refractivity contribution in [1.82, 2.24) is 0 Å². The van der Waals surface area contributed by atoms with Gasteiger partial charge in [-0.3, -0.25) is 0 Å². The van der Waals surface area contributed by atoms with Gasteiger partial charge in [0.1, 0.15) is 23.0 Å². The molecule has 0 radical (unpaired) electrons. The lowest BCUT2D eigenvalue weighted by molar-refractivity contribution is 0.445. The normalized spacial score (nSPS) is 13.6. The molecule has 1 heterocycles. The Bertz CT molecular complexity index is 1760. The van der Waals surface area contributed by atoms with E-state index in [-0.39, 0.29) is 11.5 Å². The number of aromatic hydroxyl groups is 2. The molecule has 0 bridgehead atoms. The smallest absolute Gasteiger partial charge is 0.140 e. The van der Waals surface area contributed by atoms with Gasteiger partial charge in [0.15, 0.2) is 0 Å². The zero-order valence-electron chi connectivity index (χ0n) is 21.2. The topological polar surface area (TPSA) is 49.7 Å². The Hall–Kier alpha value is -4.76. The van der Waals surface area contributed by atoms with Crippen LogP contribution in [0.15, 0.2) is 109 Å². The summed E-state index contributed by atoms with van der Waals surface area (Å²) in [5.41, 5.74) is 6.31. The molecule has 184 valence electrons. The number of hydrogen-bond acceptors (Lipinski definition) is 3. The summed E-state index contributed by atoms with van der Waals surface area (Å²) in [5, 5.41) is 24.5. The quantitative estimate of drug-likeness (QED) is 0.221. The van der Waals surface area contributed by atoms with Gasteiger partial charge in [0.25, 0.3) is 0 Å². The van der Waals surface area contributed by atoms with E-state index in [1.165, 1.54) is 22.3 Å². The average molecular weight is 495 g/mol. The molecule has 1 spiro atoms. The van der Waals surface area contributed by atoms with Crippen molar-refractivity contribution in [1.29, 1.82) is 0 Å². The maximum absolute atomic E-state index is 10.7. The molecule has 0 amide bonds. The van der Waals surface area contributed by atoms with Crippen molar-refractivity contribution in [2.75, 3.05) is 0 Å². The van der Waals surface area contributed by atoms with Gasteiger partial charge in [-0.15, -0.1) is 0 Å². The largest absolute Gasteiger partial charge is 0.507 e. The van der Waals surface area contributed by atoms with Crippen LogP contribution in [-0.2, 0) is 5.41 Å². The van der Waals surface area contributed by atoms with Crippen molar-refractivity contribution in [2.24, 2.45) is 0 Å². The van der Waals surface area contributed by atoms with E-state index in [4.69, 9.17) is 4.74 Å². The molecule has 38 heavy (non-hydrogen) atoms. The molecule has 8 rings (SSSR count). The van der Waals surface area contributed by atoms with Gasteiger partial charge in [-0.2, -0.15) is 0 Å². The number of ether oxygens (including phenoxy) is 1. The number of fused-ring (bicyclic) bond motifs is 13. The molecule has 6 aromatic carbocycles. The highest BCUT2D eigenvalue weighted by molar-refractivity contribution is 6.02. The summed E-state index contributed by atoms with van der Waals surface area (Å²) in [6.45, 7) is 4.00.